The molecule has 0 bridgehead atoms. The van der Waals surface area contributed by atoms with Crippen LogP contribution in [-0.2, 0) is 13.8 Å². The fraction of sp³-hybridized carbons (Fsp3) is 0.417. The van der Waals surface area contributed by atoms with Gasteiger partial charge in [-0.1, -0.05) is 0 Å². The average Bonchev–Trinajstić information content (AvgIpc) is 2.35. The maximum Gasteiger partial charge on any atom is 0.261 e. The van der Waals surface area contributed by atoms with Crippen molar-refractivity contribution in [3.63, 3.8) is 0 Å². The number of hydrogen-bond acceptors (Lipinski definition) is 4. The highest BCUT2D eigenvalue weighted by Gasteiger charge is 2.17. The van der Waals surface area contributed by atoms with Gasteiger partial charge >= 0.3 is 0 Å². The molecule has 5 nitrogen and oxygen atoms in total. The molecule has 0 aliphatic rings. The largest absolute Gasteiger partial charge is 0.377 e. The van der Waals surface area contributed by atoms with E-state index in [9.17, 15) is 13.2 Å². The number of nitrogens with one attached hydrogen (secondary N) is 1. The van der Waals surface area contributed by atoms with E-state index in [0.717, 1.165) is 0 Å². The van der Waals surface area contributed by atoms with Crippen LogP contribution in [0.1, 0.15) is 24.2 Å². The molecule has 0 radical (unpaired) electrons. The molecule has 0 aromatic heterocycles. The van der Waals surface area contributed by atoms with Crippen molar-refractivity contribution < 1.29 is 17.9 Å². The molecule has 1 atom stereocenters. The zero-order valence-corrected chi connectivity index (χ0v) is 14.2. The number of carbonyl (C=O) groups is 1. The second-order valence-electron chi connectivity index (χ2n) is 4.06. The Morgan fingerprint density at radius 3 is 2.70 bits per heavy atom. The minimum atomic E-state index is -3.87. The molecule has 0 aliphatic carbocycles. The first kappa shape index (κ1) is 17.4. The highest BCUT2D eigenvalue weighted by Crippen LogP contribution is 2.23. The van der Waals surface area contributed by atoms with Crippen LogP contribution in [0.3, 0.4) is 0 Å². The summed E-state index contributed by atoms with van der Waals surface area (Å²) in [5.74, 6) is -0.398. The predicted molar refractivity (Wildman–Crippen MR) is 80.6 cm³/mol. The minimum Gasteiger partial charge on any atom is -0.377 e. The van der Waals surface area contributed by atoms with E-state index >= 15 is 0 Å². The van der Waals surface area contributed by atoms with Gasteiger partial charge in [-0.2, -0.15) is 0 Å². The monoisotopic (exact) mass is 383 g/mol. The molecule has 8 heteroatoms. The van der Waals surface area contributed by atoms with Gasteiger partial charge in [-0.3, -0.25) is 4.79 Å². The van der Waals surface area contributed by atoms with E-state index in [4.69, 9.17) is 15.4 Å². The fourth-order valence-corrected chi connectivity index (χ4v) is 2.71. The maximum absolute atomic E-state index is 12.0. The number of ether oxygens (including phenoxy) is 1. The molecular weight excluding hydrogens is 370 g/mol. The molecule has 1 unspecified atom stereocenters. The number of carbonyl (C=O) groups excluding carboxylic acids is 1. The SMILES string of the molecule is CCOC(C)CNC(=O)c1cc(S(=O)(=O)Cl)ccc1Br. The maximum atomic E-state index is 12.0. The van der Waals surface area contributed by atoms with E-state index in [1.54, 1.807) is 0 Å². The summed E-state index contributed by atoms with van der Waals surface area (Å²) in [7, 11) is 1.39. The molecule has 0 aliphatic heterocycles. The summed E-state index contributed by atoms with van der Waals surface area (Å²) in [6.07, 6.45) is -0.123. The summed E-state index contributed by atoms with van der Waals surface area (Å²) < 4.78 is 28.3. The summed E-state index contributed by atoms with van der Waals surface area (Å²) in [6.45, 7) is 4.58. The molecule has 0 spiro atoms. The van der Waals surface area contributed by atoms with Gasteiger partial charge in [-0.15, -0.1) is 0 Å². The molecule has 0 saturated heterocycles. The molecular formula is C12H15BrClNO4S. The lowest BCUT2D eigenvalue weighted by Crippen LogP contribution is -2.32. The van der Waals surface area contributed by atoms with Gasteiger partial charge in [0, 0.05) is 28.3 Å². The Morgan fingerprint density at radius 2 is 2.15 bits per heavy atom. The van der Waals surface area contributed by atoms with E-state index in [2.05, 4.69) is 21.2 Å². The van der Waals surface area contributed by atoms with Crippen molar-refractivity contribution in [2.45, 2.75) is 24.8 Å². The van der Waals surface area contributed by atoms with Gasteiger partial charge in [0.05, 0.1) is 16.6 Å². The lowest BCUT2D eigenvalue weighted by Gasteiger charge is -2.13. The molecule has 1 amide bonds. The Labute approximate surface area is 131 Å². The standard InChI is InChI=1S/C12H15BrClNO4S/c1-3-19-8(2)7-15-12(16)10-6-9(20(14,17)18)4-5-11(10)13/h4-6,8H,3,7H2,1-2H3,(H,15,16). The number of hydrogen-bond donors (Lipinski definition) is 1. The van der Waals surface area contributed by atoms with Crippen LogP contribution in [-0.4, -0.2) is 33.6 Å². The number of rotatable bonds is 6. The Bertz CT molecular complexity index is 591. The molecule has 1 aromatic carbocycles. The van der Waals surface area contributed by atoms with Crippen molar-refractivity contribution >= 4 is 41.6 Å². The lowest BCUT2D eigenvalue weighted by molar-refractivity contribution is 0.0694. The van der Waals surface area contributed by atoms with Gasteiger partial charge in [-0.05, 0) is 48.0 Å². The second-order valence-corrected chi connectivity index (χ2v) is 7.48. The first-order valence-corrected chi connectivity index (χ1v) is 9.00. The number of benzene rings is 1. The molecule has 0 heterocycles. The van der Waals surface area contributed by atoms with Crippen molar-refractivity contribution in [2.75, 3.05) is 13.2 Å². The summed E-state index contributed by atoms with van der Waals surface area (Å²) in [4.78, 5) is 11.9. The van der Waals surface area contributed by atoms with E-state index in [0.29, 0.717) is 17.6 Å². The van der Waals surface area contributed by atoms with Gasteiger partial charge in [0.2, 0.25) is 0 Å². The molecule has 1 N–H and O–H groups in total. The zero-order valence-electron chi connectivity index (χ0n) is 11.0. The normalized spacial score (nSPS) is 13.0. The van der Waals surface area contributed by atoms with Crippen LogP contribution in [0.25, 0.3) is 0 Å². The zero-order chi connectivity index (χ0) is 15.3. The first-order valence-electron chi connectivity index (χ1n) is 5.89. The van der Waals surface area contributed by atoms with Crippen molar-refractivity contribution in [3.05, 3.63) is 28.2 Å². The van der Waals surface area contributed by atoms with E-state index in [-0.39, 0.29) is 16.6 Å². The predicted octanol–water partition coefficient (Wildman–Crippen LogP) is 2.53. The average molecular weight is 385 g/mol. The van der Waals surface area contributed by atoms with Crippen molar-refractivity contribution in [2.24, 2.45) is 0 Å². The molecule has 0 saturated carbocycles. The van der Waals surface area contributed by atoms with Crippen LogP contribution >= 0.6 is 26.6 Å². The highest BCUT2D eigenvalue weighted by molar-refractivity contribution is 9.10. The number of halogens is 2. The Hall–Kier alpha value is -0.630. The van der Waals surface area contributed by atoms with E-state index in [1.807, 2.05) is 13.8 Å². The number of amides is 1. The quantitative estimate of drug-likeness (QED) is 0.765. The lowest BCUT2D eigenvalue weighted by atomic mass is 10.2. The molecule has 1 aromatic rings. The summed E-state index contributed by atoms with van der Waals surface area (Å²) in [5.41, 5.74) is 0.204. The minimum absolute atomic E-state index is 0.120. The topological polar surface area (TPSA) is 72.5 Å². The van der Waals surface area contributed by atoms with E-state index in [1.165, 1.54) is 18.2 Å². The molecule has 20 heavy (non-hydrogen) atoms. The molecule has 1 rings (SSSR count). The van der Waals surface area contributed by atoms with Gasteiger partial charge in [0.15, 0.2) is 0 Å². The Kier molecular flexibility index (Phi) is 6.44. The van der Waals surface area contributed by atoms with Gasteiger partial charge < -0.3 is 10.1 Å². The second kappa shape index (κ2) is 7.40. The summed E-state index contributed by atoms with van der Waals surface area (Å²) >= 11 is 3.21. The van der Waals surface area contributed by atoms with Crippen LogP contribution in [0.5, 0.6) is 0 Å². The smallest absolute Gasteiger partial charge is 0.261 e. The Balaban J connectivity index is 2.87. The third-order valence-electron chi connectivity index (χ3n) is 2.47. The molecule has 0 fully saturated rings. The first-order chi connectivity index (χ1) is 9.25. The third kappa shape index (κ3) is 5.05. The van der Waals surface area contributed by atoms with Crippen LogP contribution in [0.2, 0.25) is 0 Å². The summed E-state index contributed by atoms with van der Waals surface area (Å²) in [6, 6.07) is 4.02. The Morgan fingerprint density at radius 1 is 1.50 bits per heavy atom. The van der Waals surface area contributed by atoms with Crippen molar-refractivity contribution in [1.29, 1.82) is 0 Å². The van der Waals surface area contributed by atoms with Crippen LogP contribution in [0, 0.1) is 0 Å². The van der Waals surface area contributed by atoms with Crippen LogP contribution < -0.4 is 5.32 Å². The highest BCUT2D eigenvalue weighted by atomic mass is 79.9. The fourth-order valence-electron chi connectivity index (χ4n) is 1.51. The summed E-state index contributed by atoms with van der Waals surface area (Å²) in [5, 5.41) is 2.67. The van der Waals surface area contributed by atoms with Crippen molar-refractivity contribution in [3.8, 4) is 0 Å². The van der Waals surface area contributed by atoms with Crippen LogP contribution in [0.4, 0.5) is 0 Å². The third-order valence-corrected chi connectivity index (χ3v) is 4.51. The van der Waals surface area contributed by atoms with E-state index < -0.39 is 15.0 Å². The van der Waals surface area contributed by atoms with Crippen LogP contribution in [0.15, 0.2) is 27.6 Å². The van der Waals surface area contributed by atoms with Gasteiger partial charge in [-0.25, -0.2) is 8.42 Å². The van der Waals surface area contributed by atoms with Gasteiger partial charge in [0.1, 0.15) is 0 Å². The molecule has 112 valence electrons. The van der Waals surface area contributed by atoms with Gasteiger partial charge in [0.25, 0.3) is 15.0 Å². The van der Waals surface area contributed by atoms with Crippen molar-refractivity contribution in [1.82, 2.24) is 5.32 Å².